The molecule has 0 bridgehead atoms. The van der Waals surface area contributed by atoms with E-state index in [0.29, 0.717) is 4.90 Å². The first-order valence-corrected chi connectivity index (χ1v) is 7.75. The Morgan fingerprint density at radius 2 is 2.05 bits per heavy atom. The van der Waals surface area contributed by atoms with Crippen LogP contribution in [0.5, 0.6) is 0 Å². The number of aryl methyl sites for hydroxylation is 1. The molecular formula is C13H15N3O2S. The molecule has 6 heteroatoms. The molecule has 0 aliphatic heterocycles. The highest BCUT2D eigenvalue weighted by Crippen LogP contribution is 2.28. The molecular weight excluding hydrogens is 262 g/mol. The van der Waals surface area contributed by atoms with E-state index in [-0.39, 0.29) is 6.04 Å². The van der Waals surface area contributed by atoms with Crippen LogP contribution in [0.4, 0.5) is 0 Å². The molecule has 1 aromatic carbocycles. The van der Waals surface area contributed by atoms with Gasteiger partial charge < -0.3 is 0 Å². The lowest BCUT2D eigenvalue weighted by molar-refractivity contribution is 0.499. The third kappa shape index (κ3) is 2.41. The van der Waals surface area contributed by atoms with Crippen molar-refractivity contribution in [2.24, 2.45) is 0 Å². The van der Waals surface area contributed by atoms with Crippen molar-refractivity contribution >= 4 is 10.0 Å². The first-order valence-electron chi connectivity index (χ1n) is 6.26. The maximum atomic E-state index is 12.3. The number of nitrogens with one attached hydrogen (secondary N) is 2. The van der Waals surface area contributed by atoms with E-state index in [2.05, 4.69) is 14.9 Å². The van der Waals surface area contributed by atoms with E-state index in [1.54, 1.807) is 36.5 Å². The van der Waals surface area contributed by atoms with Crippen LogP contribution in [0.3, 0.4) is 0 Å². The van der Waals surface area contributed by atoms with Gasteiger partial charge in [0.1, 0.15) is 0 Å². The fourth-order valence-corrected chi connectivity index (χ4v) is 3.70. The van der Waals surface area contributed by atoms with Gasteiger partial charge in [-0.2, -0.15) is 5.10 Å². The minimum Gasteiger partial charge on any atom is -0.281 e. The molecule has 0 amide bonds. The zero-order valence-electron chi connectivity index (χ0n) is 10.3. The summed E-state index contributed by atoms with van der Waals surface area (Å²) in [6.45, 7) is 0. The average Bonchev–Trinajstić information content (AvgIpc) is 2.89. The Labute approximate surface area is 112 Å². The molecule has 0 spiro atoms. The van der Waals surface area contributed by atoms with Crippen LogP contribution in [0.15, 0.2) is 41.4 Å². The topological polar surface area (TPSA) is 74.8 Å². The first-order chi connectivity index (χ1) is 9.17. The van der Waals surface area contributed by atoms with Gasteiger partial charge in [-0.05, 0) is 37.0 Å². The van der Waals surface area contributed by atoms with E-state index >= 15 is 0 Å². The number of hydrogen-bond acceptors (Lipinski definition) is 3. The van der Waals surface area contributed by atoms with Crippen molar-refractivity contribution in [3.8, 4) is 0 Å². The average molecular weight is 277 g/mol. The molecule has 0 saturated carbocycles. The lowest BCUT2D eigenvalue weighted by Crippen LogP contribution is -2.31. The maximum Gasteiger partial charge on any atom is 0.241 e. The van der Waals surface area contributed by atoms with Crippen molar-refractivity contribution in [1.29, 1.82) is 0 Å². The number of fused-ring (bicyclic) bond motifs is 1. The molecule has 100 valence electrons. The van der Waals surface area contributed by atoms with E-state index in [1.165, 1.54) is 0 Å². The van der Waals surface area contributed by atoms with E-state index in [1.807, 2.05) is 0 Å². The molecule has 1 atom stereocenters. The summed E-state index contributed by atoms with van der Waals surface area (Å²) in [6, 6.07) is 8.22. The van der Waals surface area contributed by atoms with Crippen LogP contribution in [0.1, 0.15) is 30.1 Å². The zero-order valence-corrected chi connectivity index (χ0v) is 11.2. The molecule has 0 radical (unpaired) electrons. The fraction of sp³-hybridized carbons (Fsp3) is 0.308. The molecule has 19 heavy (non-hydrogen) atoms. The highest BCUT2D eigenvalue weighted by Gasteiger charge is 2.26. The Bertz CT molecular complexity index is 664. The Hall–Kier alpha value is -1.66. The minimum absolute atomic E-state index is 0.212. The summed E-state index contributed by atoms with van der Waals surface area (Å²) in [6.07, 6.45) is 4.49. The standard InChI is InChI=1S/C13H15N3O2S/c17-19(18,11-6-2-1-3-7-11)16-12-8-4-5-10-9-14-15-13(10)12/h1-3,6-7,9,12,16H,4-5,8H2,(H,14,15). The third-order valence-corrected chi connectivity index (χ3v) is 4.88. The summed E-state index contributed by atoms with van der Waals surface area (Å²) in [4.78, 5) is 0.293. The molecule has 1 unspecified atom stereocenters. The quantitative estimate of drug-likeness (QED) is 0.897. The predicted molar refractivity (Wildman–Crippen MR) is 71.0 cm³/mol. The van der Waals surface area contributed by atoms with Crippen LogP contribution in [-0.4, -0.2) is 18.6 Å². The Kier molecular flexibility index (Phi) is 3.12. The second-order valence-electron chi connectivity index (χ2n) is 4.69. The number of H-pyrrole nitrogens is 1. The van der Waals surface area contributed by atoms with Crippen LogP contribution in [0, 0.1) is 0 Å². The number of rotatable bonds is 3. The summed E-state index contributed by atoms with van der Waals surface area (Å²) in [5, 5.41) is 6.90. The monoisotopic (exact) mass is 277 g/mol. The van der Waals surface area contributed by atoms with Gasteiger partial charge in [-0.25, -0.2) is 13.1 Å². The molecule has 0 fully saturated rings. The Balaban J connectivity index is 1.88. The highest BCUT2D eigenvalue weighted by molar-refractivity contribution is 7.89. The Morgan fingerprint density at radius 1 is 1.26 bits per heavy atom. The van der Waals surface area contributed by atoms with Gasteiger partial charge in [-0.1, -0.05) is 18.2 Å². The van der Waals surface area contributed by atoms with Crippen LogP contribution < -0.4 is 4.72 Å². The summed E-state index contributed by atoms with van der Waals surface area (Å²) in [7, 11) is -3.48. The van der Waals surface area contributed by atoms with Crippen molar-refractivity contribution in [2.75, 3.05) is 0 Å². The summed E-state index contributed by atoms with van der Waals surface area (Å²) in [5.41, 5.74) is 2.00. The van der Waals surface area contributed by atoms with Gasteiger partial charge in [0.25, 0.3) is 0 Å². The van der Waals surface area contributed by atoms with Gasteiger partial charge in [0.05, 0.1) is 22.8 Å². The lowest BCUT2D eigenvalue weighted by Gasteiger charge is -2.22. The molecule has 1 aliphatic carbocycles. The normalized spacial score (nSPS) is 19.1. The molecule has 2 N–H and O–H groups in total. The molecule has 3 rings (SSSR count). The molecule has 1 heterocycles. The Morgan fingerprint density at radius 3 is 2.84 bits per heavy atom. The number of hydrogen-bond donors (Lipinski definition) is 2. The van der Waals surface area contributed by atoms with Crippen molar-refractivity contribution in [3.63, 3.8) is 0 Å². The first kappa shape index (κ1) is 12.4. The van der Waals surface area contributed by atoms with Crippen LogP contribution in [-0.2, 0) is 16.4 Å². The van der Waals surface area contributed by atoms with Crippen molar-refractivity contribution < 1.29 is 8.42 Å². The zero-order chi connectivity index (χ0) is 13.3. The van der Waals surface area contributed by atoms with E-state index in [4.69, 9.17) is 0 Å². The number of nitrogens with zero attached hydrogens (tertiary/aromatic N) is 1. The smallest absolute Gasteiger partial charge is 0.241 e. The second kappa shape index (κ2) is 4.79. The largest absolute Gasteiger partial charge is 0.281 e. The fourth-order valence-electron chi connectivity index (χ4n) is 2.44. The molecule has 1 aliphatic rings. The number of benzene rings is 1. The molecule has 5 nitrogen and oxygen atoms in total. The van der Waals surface area contributed by atoms with Gasteiger partial charge in [-0.15, -0.1) is 0 Å². The SMILES string of the molecule is O=S(=O)(NC1CCCc2cn[nH]c21)c1ccccc1. The van der Waals surface area contributed by atoms with Crippen LogP contribution in [0.2, 0.25) is 0 Å². The molecule has 0 saturated heterocycles. The van der Waals surface area contributed by atoms with Gasteiger partial charge in [0.2, 0.25) is 10.0 Å². The van der Waals surface area contributed by atoms with Gasteiger partial charge in [0, 0.05) is 0 Å². The number of sulfonamides is 1. The predicted octanol–water partition coefficient (Wildman–Crippen LogP) is 1.77. The maximum absolute atomic E-state index is 12.3. The highest BCUT2D eigenvalue weighted by atomic mass is 32.2. The van der Waals surface area contributed by atoms with Gasteiger partial charge >= 0.3 is 0 Å². The molecule has 1 aromatic heterocycles. The third-order valence-electron chi connectivity index (χ3n) is 3.39. The van der Waals surface area contributed by atoms with Crippen LogP contribution >= 0.6 is 0 Å². The van der Waals surface area contributed by atoms with E-state index < -0.39 is 10.0 Å². The number of aromatic amines is 1. The molecule has 2 aromatic rings. The summed E-state index contributed by atoms with van der Waals surface area (Å²) < 4.78 is 27.3. The summed E-state index contributed by atoms with van der Waals surface area (Å²) in [5.74, 6) is 0. The summed E-state index contributed by atoms with van der Waals surface area (Å²) >= 11 is 0. The van der Waals surface area contributed by atoms with E-state index in [9.17, 15) is 8.42 Å². The van der Waals surface area contributed by atoms with Crippen molar-refractivity contribution in [2.45, 2.75) is 30.2 Å². The van der Waals surface area contributed by atoms with Crippen molar-refractivity contribution in [3.05, 3.63) is 47.8 Å². The lowest BCUT2D eigenvalue weighted by atomic mass is 9.94. The van der Waals surface area contributed by atoms with Crippen molar-refractivity contribution in [1.82, 2.24) is 14.9 Å². The second-order valence-corrected chi connectivity index (χ2v) is 6.40. The van der Waals surface area contributed by atoms with Crippen LogP contribution in [0.25, 0.3) is 0 Å². The van der Waals surface area contributed by atoms with Gasteiger partial charge in [0.15, 0.2) is 0 Å². The van der Waals surface area contributed by atoms with Gasteiger partial charge in [-0.3, -0.25) is 5.10 Å². The number of aromatic nitrogens is 2. The van der Waals surface area contributed by atoms with E-state index in [0.717, 1.165) is 30.5 Å². The minimum atomic E-state index is -3.48.